The van der Waals surface area contributed by atoms with Crippen LogP contribution in [0.2, 0.25) is 0 Å². The van der Waals surface area contributed by atoms with E-state index < -0.39 is 4.92 Å². The summed E-state index contributed by atoms with van der Waals surface area (Å²) in [7, 11) is 0. The van der Waals surface area contributed by atoms with Crippen molar-refractivity contribution in [2.75, 3.05) is 11.9 Å². The van der Waals surface area contributed by atoms with E-state index in [1.165, 1.54) is 12.1 Å². The summed E-state index contributed by atoms with van der Waals surface area (Å²) in [5.41, 5.74) is 1.14. The smallest absolute Gasteiger partial charge is 0.270 e. The molecule has 1 saturated carbocycles. The van der Waals surface area contributed by atoms with Crippen molar-refractivity contribution >= 4 is 27.5 Å². The minimum absolute atomic E-state index is 0.0209. The van der Waals surface area contributed by atoms with Crippen LogP contribution in [0.25, 0.3) is 0 Å². The minimum atomic E-state index is -0.448. The monoisotopic (exact) mass is 354 g/mol. The molecular weight excluding hydrogens is 336 g/mol. The summed E-state index contributed by atoms with van der Waals surface area (Å²) in [6.07, 6.45) is 4.09. The van der Waals surface area contributed by atoms with Gasteiger partial charge in [0.15, 0.2) is 0 Å². The predicted molar refractivity (Wildman–Crippen MR) is 84.9 cm³/mol. The summed E-state index contributed by atoms with van der Waals surface area (Å²) in [5.74, 6) is -0.0903. The Morgan fingerprint density at radius 1 is 1.43 bits per heavy atom. The maximum absolute atomic E-state index is 12.7. The van der Waals surface area contributed by atoms with Crippen molar-refractivity contribution in [3.05, 3.63) is 39.4 Å². The number of benzene rings is 1. The lowest BCUT2D eigenvalue weighted by atomic mass is 9.90. The molecule has 0 heterocycles. The fourth-order valence-electron chi connectivity index (χ4n) is 2.54. The van der Waals surface area contributed by atoms with Crippen LogP contribution in [-0.2, 0) is 0 Å². The van der Waals surface area contributed by atoms with Gasteiger partial charge in [-0.05, 0) is 44.2 Å². The van der Waals surface area contributed by atoms with Gasteiger partial charge in [-0.3, -0.25) is 14.9 Å². The first kappa shape index (κ1) is 15.9. The predicted octanol–water partition coefficient (Wildman–Crippen LogP) is 3.68. The van der Waals surface area contributed by atoms with Crippen molar-refractivity contribution in [1.29, 1.82) is 0 Å². The van der Waals surface area contributed by atoms with Crippen LogP contribution in [0.4, 0.5) is 5.69 Å². The Balaban J connectivity index is 2.24. The third-order valence-corrected chi connectivity index (χ3v) is 4.39. The Kier molecular flexibility index (Phi) is 5.33. The van der Waals surface area contributed by atoms with Gasteiger partial charge in [0.25, 0.3) is 11.6 Å². The van der Waals surface area contributed by atoms with Gasteiger partial charge in [0.1, 0.15) is 0 Å². The van der Waals surface area contributed by atoms with E-state index in [0.29, 0.717) is 12.1 Å². The summed E-state index contributed by atoms with van der Waals surface area (Å²) in [4.78, 5) is 25.1. The second kappa shape index (κ2) is 7.02. The van der Waals surface area contributed by atoms with Gasteiger partial charge in [-0.25, -0.2) is 0 Å². The first-order valence-electron chi connectivity index (χ1n) is 7.16. The molecule has 6 heteroatoms. The van der Waals surface area contributed by atoms with Crippen LogP contribution in [0.5, 0.6) is 0 Å². The van der Waals surface area contributed by atoms with Crippen LogP contribution >= 0.6 is 15.9 Å². The van der Waals surface area contributed by atoms with E-state index in [9.17, 15) is 14.9 Å². The maximum atomic E-state index is 12.7. The average molecular weight is 355 g/mol. The average Bonchev–Trinajstić information content (AvgIpc) is 2.39. The van der Waals surface area contributed by atoms with Crippen molar-refractivity contribution in [2.24, 2.45) is 0 Å². The Bertz CT molecular complexity index is 544. The van der Waals surface area contributed by atoms with Crippen LogP contribution in [0.3, 0.4) is 0 Å². The first-order valence-corrected chi connectivity index (χ1v) is 8.28. The SMILES string of the molecule is Cc1cc(C(=O)N(CCCBr)C2CCC2)cc([N+](=O)[O-])c1. The second-order valence-corrected chi connectivity index (χ2v) is 6.23. The number of rotatable bonds is 6. The third-order valence-electron chi connectivity index (χ3n) is 3.83. The van der Waals surface area contributed by atoms with Crippen molar-refractivity contribution in [2.45, 2.75) is 38.6 Å². The molecule has 0 radical (unpaired) electrons. The fourth-order valence-corrected chi connectivity index (χ4v) is 2.79. The number of hydrogen-bond acceptors (Lipinski definition) is 3. The molecule has 0 saturated heterocycles. The molecule has 1 aliphatic rings. The largest absolute Gasteiger partial charge is 0.336 e. The molecule has 1 aliphatic carbocycles. The highest BCUT2D eigenvalue weighted by atomic mass is 79.9. The van der Waals surface area contributed by atoms with Crippen molar-refractivity contribution in [3.8, 4) is 0 Å². The van der Waals surface area contributed by atoms with E-state index in [-0.39, 0.29) is 17.6 Å². The number of amides is 1. The molecule has 1 fully saturated rings. The molecule has 0 spiro atoms. The summed E-state index contributed by atoms with van der Waals surface area (Å²) in [5, 5.41) is 11.8. The molecule has 0 bridgehead atoms. The quantitative estimate of drug-likeness (QED) is 0.444. The van der Waals surface area contributed by atoms with Gasteiger partial charge in [0.05, 0.1) is 4.92 Å². The van der Waals surface area contributed by atoms with Crippen LogP contribution in [0.15, 0.2) is 18.2 Å². The minimum Gasteiger partial charge on any atom is -0.336 e. The standard InChI is InChI=1S/C15H19BrN2O3/c1-11-8-12(10-14(9-11)18(20)21)15(19)17(7-3-6-16)13-4-2-5-13/h8-10,13H,2-7H2,1H3. The number of nitro benzene ring substituents is 1. The summed E-state index contributed by atoms with van der Waals surface area (Å²) in [6.45, 7) is 2.46. The maximum Gasteiger partial charge on any atom is 0.270 e. The summed E-state index contributed by atoms with van der Waals surface area (Å²) >= 11 is 3.39. The molecule has 0 atom stereocenters. The molecule has 1 aromatic carbocycles. The molecule has 1 amide bonds. The third kappa shape index (κ3) is 3.81. The number of carbonyl (C=O) groups is 1. The highest BCUT2D eigenvalue weighted by Crippen LogP contribution is 2.27. The van der Waals surface area contributed by atoms with Crippen LogP contribution in [0.1, 0.15) is 41.6 Å². The normalized spacial score (nSPS) is 14.6. The highest BCUT2D eigenvalue weighted by molar-refractivity contribution is 9.09. The van der Waals surface area contributed by atoms with Crippen LogP contribution in [-0.4, -0.2) is 33.6 Å². The highest BCUT2D eigenvalue weighted by Gasteiger charge is 2.29. The number of hydrogen-bond donors (Lipinski definition) is 0. The number of aryl methyl sites for hydroxylation is 1. The molecule has 5 nitrogen and oxygen atoms in total. The van der Waals surface area contributed by atoms with Gasteiger partial charge in [0.2, 0.25) is 0 Å². The number of nitrogens with zero attached hydrogens (tertiary/aromatic N) is 2. The number of non-ortho nitro benzene ring substituents is 1. The Hall–Kier alpha value is -1.43. The van der Waals surface area contributed by atoms with E-state index in [0.717, 1.165) is 36.6 Å². The van der Waals surface area contributed by atoms with E-state index in [2.05, 4.69) is 15.9 Å². The molecule has 114 valence electrons. The van der Waals surface area contributed by atoms with E-state index >= 15 is 0 Å². The molecule has 0 aliphatic heterocycles. The summed E-state index contributed by atoms with van der Waals surface area (Å²) in [6, 6.07) is 4.89. The van der Waals surface area contributed by atoms with Gasteiger partial charge in [0, 0.05) is 35.6 Å². The number of nitro groups is 1. The zero-order chi connectivity index (χ0) is 15.4. The Morgan fingerprint density at radius 2 is 2.14 bits per heavy atom. The van der Waals surface area contributed by atoms with Crippen molar-refractivity contribution < 1.29 is 9.72 Å². The number of alkyl halides is 1. The lowest BCUT2D eigenvalue weighted by Crippen LogP contribution is -2.44. The van der Waals surface area contributed by atoms with Crippen molar-refractivity contribution in [1.82, 2.24) is 4.90 Å². The zero-order valence-corrected chi connectivity index (χ0v) is 13.6. The topological polar surface area (TPSA) is 63.5 Å². The second-order valence-electron chi connectivity index (χ2n) is 5.44. The zero-order valence-electron chi connectivity index (χ0n) is 12.0. The van der Waals surface area contributed by atoms with Gasteiger partial charge < -0.3 is 4.90 Å². The fraction of sp³-hybridized carbons (Fsp3) is 0.533. The molecule has 1 aromatic rings. The van der Waals surface area contributed by atoms with Crippen molar-refractivity contribution in [3.63, 3.8) is 0 Å². The number of carbonyl (C=O) groups excluding carboxylic acids is 1. The van der Waals surface area contributed by atoms with Gasteiger partial charge >= 0.3 is 0 Å². The van der Waals surface area contributed by atoms with E-state index in [1.807, 2.05) is 4.90 Å². The molecular formula is C15H19BrN2O3. The molecule has 0 N–H and O–H groups in total. The summed E-state index contributed by atoms with van der Waals surface area (Å²) < 4.78 is 0. The number of halogens is 1. The molecule has 21 heavy (non-hydrogen) atoms. The Morgan fingerprint density at radius 3 is 2.67 bits per heavy atom. The first-order chi connectivity index (χ1) is 10.0. The lowest BCUT2D eigenvalue weighted by molar-refractivity contribution is -0.384. The van der Waals surface area contributed by atoms with E-state index in [1.54, 1.807) is 13.0 Å². The van der Waals surface area contributed by atoms with Gasteiger partial charge in [-0.2, -0.15) is 0 Å². The molecule has 2 rings (SSSR count). The van der Waals surface area contributed by atoms with Gasteiger partial charge in [-0.15, -0.1) is 0 Å². The molecule has 0 unspecified atom stereocenters. The lowest BCUT2D eigenvalue weighted by Gasteiger charge is -2.37. The van der Waals surface area contributed by atoms with Gasteiger partial charge in [-0.1, -0.05) is 15.9 Å². The molecule has 0 aromatic heterocycles. The van der Waals surface area contributed by atoms with E-state index in [4.69, 9.17) is 0 Å². The Labute approximate surface area is 132 Å². The van der Waals surface area contributed by atoms with Crippen LogP contribution < -0.4 is 0 Å². The van der Waals surface area contributed by atoms with Crippen LogP contribution in [0, 0.1) is 17.0 Å².